The predicted octanol–water partition coefficient (Wildman–Crippen LogP) is 4.69. The topological polar surface area (TPSA) is 38.1 Å². The van der Waals surface area contributed by atoms with E-state index in [2.05, 4.69) is 43.1 Å². The van der Waals surface area contributed by atoms with E-state index >= 15 is 0 Å². The molecule has 0 spiro atoms. The largest absolute Gasteiger partial charge is 0.337 e. The fraction of sp³-hybridized carbons (Fsp3) is 0.300. The zero-order valence-electron chi connectivity index (χ0n) is 15.3. The smallest absolute Gasteiger partial charge is 0.233 e. The van der Waals surface area contributed by atoms with Gasteiger partial charge in [0.25, 0.3) is 0 Å². The molecule has 3 rings (SSSR count). The molecule has 1 aromatic carbocycles. The zero-order valence-corrected chi connectivity index (χ0v) is 16.9. The Balaban J connectivity index is 1.68. The number of hydrogen-bond acceptors (Lipinski definition) is 4. The van der Waals surface area contributed by atoms with Gasteiger partial charge in [-0.25, -0.2) is 4.98 Å². The fourth-order valence-electron chi connectivity index (χ4n) is 2.87. The Hall–Kier alpha value is -2.05. The summed E-state index contributed by atoms with van der Waals surface area (Å²) in [6.45, 7) is 7.59. The van der Waals surface area contributed by atoms with E-state index in [9.17, 15) is 4.79 Å². The highest BCUT2D eigenvalue weighted by Crippen LogP contribution is 2.23. The number of nitrogens with zero attached hydrogens (tertiary/aromatic N) is 3. The lowest BCUT2D eigenvalue weighted by atomic mass is 10.1. The summed E-state index contributed by atoms with van der Waals surface area (Å²) < 4.78 is 2.05. The molecule has 0 fully saturated rings. The first-order valence-corrected chi connectivity index (χ1v) is 10.5. The number of benzene rings is 1. The third-order valence-electron chi connectivity index (χ3n) is 4.08. The van der Waals surface area contributed by atoms with Crippen LogP contribution in [-0.4, -0.2) is 32.7 Å². The Morgan fingerprint density at radius 3 is 2.69 bits per heavy atom. The number of amides is 1. The normalized spacial score (nSPS) is 10.9. The Morgan fingerprint density at radius 1 is 1.27 bits per heavy atom. The summed E-state index contributed by atoms with van der Waals surface area (Å²) >= 11 is 3.17. The maximum atomic E-state index is 12.6. The second-order valence-corrected chi connectivity index (χ2v) is 8.18. The molecule has 3 aromatic rings. The summed E-state index contributed by atoms with van der Waals surface area (Å²) in [4.78, 5) is 20.2. The highest BCUT2D eigenvalue weighted by Gasteiger charge is 2.15. The lowest BCUT2D eigenvalue weighted by Crippen LogP contribution is -2.31. The van der Waals surface area contributed by atoms with Gasteiger partial charge < -0.3 is 4.90 Å². The van der Waals surface area contributed by atoms with E-state index in [1.54, 1.807) is 17.5 Å². The molecule has 0 aliphatic heterocycles. The van der Waals surface area contributed by atoms with Crippen molar-refractivity contribution in [2.24, 2.45) is 0 Å². The van der Waals surface area contributed by atoms with Crippen LogP contribution in [0, 0.1) is 13.8 Å². The first-order chi connectivity index (χ1) is 12.6. The van der Waals surface area contributed by atoms with Crippen LogP contribution in [0.15, 0.2) is 53.3 Å². The summed E-state index contributed by atoms with van der Waals surface area (Å²) in [5.74, 6) is 0.530. The molecule has 0 aliphatic rings. The van der Waals surface area contributed by atoms with Gasteiger partial charge in [-0.1, -0.05) is 23.9 Å². The number of aryl methyl sites for hydroxylation is 2. The third-order valence-corrected chi connectivity index (χ3v) is 5.89. The van der Waals surface area contributed by atoms with Crippen molar-refractivity contribution in [2.45, 2.75) is 32.5 Å². The van der Waals surface area contributed by atoms with Crippen LogP contribution in [0.3, 0.4) is 0 Å². The van der Waals surface area contributed by atoms with E-state index < -0.39 is 0 Å². The molecule has 1 amide bonds. The highest BCUT2D eigenvalue weighted by atomic mass is 32.2. The zero-order chi connectivity index (χ0) is 18.5. The summed E-state index contributed by atoms with van der Waals surface area (Å²) in [6, 6.07) is 10.5. The number of carbonyl (C=O) groups excluding carboxylic acids is 1. The van der Waals surface area contributed by atoms with Gasteiger partial charge in [-0.15, -0.1) is 11.3 Å². The van der Waals surface area contributed by atoms with Gasteiger partial charge in [-0.05, 0) is 55.5 Å². The van der Waals surface area contributed by atoms with Gasteiger partial charge in [0.05, 0.1) is 12.3 Å². The van der Waals surface area contributed by atoms with Gasteiger partial charge in [0.1, 0.15) is 0 Å². The Labute approximate surface area is 162 Å². The van der Waals surface area contributed by atoms with Crippen LogP contribution >= 0.6 is 23.1 Å². The van der Waals surface area contributed by atoms with Gasteiger partial charge in [0, 0.05) is 29.5 Å². The molecule has 6 heteroatoms. The highest BCUT2D eigenvalue weighted by molar-refractivity contribution is 7.99. The molecule has 4 nitrogen and oxygen atoms in total. The molecular weight excluding hydrogens is 362 g/mol. The molecule has 0 aliphatic carbocycles. The van der Waals surface area contributed by atoms with Crippen molar-refractivity contribution in [1.29, 1.82) is 0 Å². The molecule has 0 unspecified atom stereocenters. The number of imidazole rings is 1. The minimum atomic E-state index is 0.140. The number of thioether (sulfide) groups is 1. The van der Waals surface area contributed by atoms with Crippen molar-refractivity contribution in [2.75, 3.05) is 12.3 Å². The second kappa shape index (κ2) is 8.56. The minimum Gasteiger partial charge on any atom is -0.337 e. The SMILES string of the molecule is CCN(Cc1cccs1)C(=O)CSc1nccn1-c1cc(C)cc(C)c1. The first-order valence-electron chi connectivity index (χ1n) is 8.61. The molecule has 0 bridgehead atoms. The quantitative estimate of drug-likeness (QED) is 0.554. The number of rotatable bonds is 7. The van der Waals surface area contributed by atoms with Gasteiger partial charge in [0.2, 0.25) is 5.91 Å². The molecule has 2 aromatic heterocycles. The summed E-state index contributed by atoms with van der Waals surface area (Å²) in [5.41, 5.74) is 3.52. The van der Waals surface area contributed by atoms with Crippen molar-refractivity contribution in [3.63, 3.8) is 0 Å². The molecule has 136 valence electrons. The van der Waals surface area contributed by atoms with Crippen molar-refractivity contribution in [3.8, 4) is 5.69 Å². The molecule has 0 saturated carbocycles. The number of carbonyl (C=O) groups is 1. The second-order valence-electron chi connectivity index (χ2n) is 6.20. The van der Waals surface area contributed by atoms with Crippen LogP contribution < -0.4 is 0 Å². The molecule has 0 N–H and O–H groups in total. The number of thiophene rings is 1. The molecule has 26 heavy (non-hydrogen) atoms. The molecule has 0 saturated heterocycles. The van der Waals surface area contributed by atoms with Crippen LogP contribution in [0.25, 0.3) is 5.69 Å². The standard InChI is InChI=1S/C20H23N3OS2/c1-4-22(13-18-6-5-9-25-18)19(24)14-26-20-21-7-8-23(20)17-11-15(2)10-16(3)12-17/h5-12H,4,13-14H2,1-3H3. The van der Waals surface area contributed by atoms with E-state index in [0.717, 1.165) is 10.8 Å². The fourth-order valence-corrected chi connectivity index (χ4v) is 4.46. The number of hydrogen-bond donors (Lipinski definition) is 0. The molecule has 0 radical (unpaired) electrons. The molecule has 2 heterocycles. The van der Waals surface area contributed by atoms with Crippen molar-refractivity contribution in [1.82, 2.24) is 14.5 Å². The van der Waals surface area contributed by atoms with Crippen molar-refractivity contribution in [3.05, 3.63) is 64.1 Å². The summed E-state index contributed by atoms with van der Waals surface area (Å²) in [5, 5.41) is 2.89. The van der Waals surface area contributed by atoms with Gasteiger partial charge >= 0.3 is 0 Å². The van der Waals surface area contributed by atoms with Gasteiger partial charge in [0.15, 0.2) is 5.16 Å². The van der Waals surface area contributed by atoms with Crippen LogP contribution in [0.1, 0.15) is 22.9 Å². The summed E-state index contributed by atoms with van der Waals surface area (Å²) in [6.07, 6.45) is 3.73. The molecular formula is C20H23N3OS2. The summed E-state index contributed by atoms with van der Waals surface area (Å²) in [7, 11) is 0. The third kappa shape index (κ3) is 4.56. The average molecular weight is 386 g/mol. The van der Waals surface area contributed by atoms with E-state index in [4.69, 9.17) is 0 Å². The van der Waals surface area contributed by atoms with Crippen LogP contribution in [0.4, 0.5) is 0 Å². The Bertz CT molecular complexity index is 851. The van der Waals surface area contributed by atoms with Crippen LogP contribution in [0.2, 0.25) is 0 Å². The maximum absolute atomic E-state index is 12.6. The first kappa shape index (κ1) is 18.7. The Morgan fingerprint density at radius 2 is 2.04 bits per heavy atom. The van der Waals surface area contributed by atoms with Gasteiger partial charge in [-0.3, -0.25) is 9.36 Å². The predicted molar refractivity (Wildman–Crippen MR) is 109 cm³/mol. The van der Waals surface area contributed by atoms with E-state index in [0.29, 0.717) is 18.8 Å². The minimum absolute atomic E-state index is 0.140. The average Bonchev–Trinajstić information content (AvgIpc) is 3.28. The lowest BCUT2D eigenvalue weighted by molar-refractivity contribution is -0.128. The van der Waals surface area contributed by atoms with E-state index in [-0.39, 0.29) is 5.91 Å². The lowest BCUT2D eigenvalue weighted by Gasteiger charge is -2.20. The number of aromatic nitrogens is 2. The van der Waals surface area contributed by atoms with Gasteiger partial charge in [-0.2, -0.15) is 0 Å². The monoisotopic (exact) mass is 385 g/mol. The van der Waals surface area contributed by atoms with Crippen LogP contribution in [0.5, 0.6) is 0 Å². The van der Waals surface area contributed by atoms with E-state index in [1.165, 1.54) is 27.8 Å². The maximum Gasteiger partial charge on any atom is 0.233 e. The van der Waals surface area contributed by atoms with Crippen LogP contribution in [-0.2, 0) is 11.3 Å². The molecule has 0 atom stereocenters. The van der Waals surface area contributed by atoms with Crippen molar-refractivity contribution < 1.29 is 4.79 Å². The van der Waals surface area contributed by atoms with Crippen molar-refractivity contribution >= 4 is 29.0 Å². The van der Waals surface area contributed by atoms with E-state index in [1.807, 2.05) is 34.0 Å². The Kier molecular flexibility index (Phi) is 6.16.